The number of hydrazone groups is 1. The lowest BCUT2D eigenvalue weighted by Crippen LogP contribution is -2.45. The molecule has 4 heterocycles. The minimum Gasteiger partial charge on any atom is -0.396 e. The molecule has 45 heavy (non-hydrogen) atoms. The first-order valence-electron chi connectivity index (χ1n) is 15.5. The zero-order valence-corrected chi connectivity index (χ0v) is 26.9. The van der Waals surface area contributed by atoms with Crippen molar-refractivity contribution in [3.8, 4) is 0 Å². The molecule has 2 aromatic carbocycles. The molecule has 3 aliphatic rings. The second kappa shape index (κ2) is 12.1. The van der Waals surface area contributed by atoms with E-state index in [4.69, 9.17) is 9.84 Å². The molecule has 0 bridgehead atoms. The Hall–Kier alpha value is -4.00. The van der Waals surface area contributed by atoms with Gasteiger partial charge in [-0.3, -0.25) is 14.3 Å². The van der Waals surface area contributed by atoms with Crippen molar-refractivity contribution in [2.75, 3.05) is 23.1 Å². The van der Waals surface area contributed by atoms with Crippen molar-refractivity contribution in [2.24, 2.45) is 11.0 Å². The van der Waals surface area contributed by atoms with Gasteiger partial charge in [-0.2, -0.15) is 5.10 Å². The number of aryl methyl sites for hydroxylation is 1. The van der Waals surface area contributed by atoms with Crippen LogP contribution in [0.5, 0.6) is 0 Å². The summed E-state index contributed by atoms with van der Waals surface area (Å²) in [7, 11) is -3.36. The molecule has 1 fully saturated rings. The number of aliphatic hydroxyl groups is 1. The van der Waals surface area contributed by atoms with Gasteiger partial charge < -0.3 is 18.9 Å². The number of aromatic nitrogens is 3. The van der Waals surface area contributed by atoms with E-state index in [1.165, 1.54) is 5.01 Å². The summed E-state index contributed by atoms with van der Waals surface area (Å²) >= 11 is 0. The quantitative estimate of drug-likeness (QED) is 0.197. The van der Waals surface area contributed by atoms with E-state index < -0.39 is 31.6 Å². The number of aliphatic hydroxyl groups excluding tert-OH is 1. The molecule has 0 radical (unpaired) electrons. The first-order chi connectivity index (χ1) is 21.6. The number of carbonyl (C=O) groups is 2. The topological polar surface area (TPSA) is 113 Å². The van der Waals surface area contributed by atoms with Crippen molar-refractivity contribution in [1.29, 1.82) is 0 Å². The van der Waals surface area contributed by atoms with E-state index in [-0.39, 0.29) is 25.0 Å². The predicted molar refractivity (Wildman–Crippen MR) is 172 cm³/mol. The SMILES string of the molecule is C=CCN1C(=O)[C@]2(O[C@H](CCn3cc(CCO)nn3)[C@@H]([Si](C)(C)F)[C@@H]2C)c2cc(N3N=C(c4ccccc4)CCC3=O)ccc21. The van der Waals surface area contributed by atoms with Gasteiger partial charge in [-0.05, 0) is 43.3 Å². The Morgan fingerprint density at radius 2 is 1.96 bits per heavy atom. The fourth-order valence-corrected chi connectivity index (χ4v) is 9.82. The van der Waals surface area contributed by atoms with Crippen LogP contribution >= 0.6 is 0 Å². The normalized spacial score (nSPS) is 24.8. The van der Waals surface area contributed by atoms with Crippen molar-refractivity contribution in [2.45, 2.75) is 69.5 Å². The summed E-state index contributed by atoms with van der Waals surface area (Å²) < 4.78 is 24.7. The number of ether oxygens (including phenoxy) is 1. The van der Waals surface area contributed by atoms with Crippen LogP contribution in [-0.2, 0) is 32.9 Å². The molecule has 2 amide bonds. The van der Waals surface area contributed by atoms with Gasteiger partial charge in [0.2, 0.25) is 14.3 Å². The van der Waals surface area contributed by atoms with Gasteiger partial charge in [-0.1, -0.05) is 48.5 Å². The largest absolute Gasteiger partial charge is 0.396 e. The van der Waals surface area contributed by atoms with Crippen LogP contribution in [0.25, 0.3) is 0 Å². The van der Waals surface area contributed by atoms with Crippen LogP contribution in [-0.4, -0.2) is 65.3 Å². The Morgan fingerprint density at radius 1 is 1.18 bits per heavy atom. The first kappa shape index (κ1) is 31.0. The molecule has 1 aromatic heterocycles. The third-order valence-electron chi connectivity index (χ3n) is 9.24. The summed E-state index contributed by atoms with van der Waals surface area (Å²) in [6.07, 6.45) is 4.54. The molecule has 236 valence electrons. The van der Waals surface area contributed by atoms with Crippen LogP contribution in [0, 0.1) is 5.92 Å². The maximum Gasteiger partial charge on any atom is 0.264 e. The lowest BCUT2D eigenvalue weighted by Gasteiger charge is -2.31. The van der Waals surface area contributed by atoms with Crippen LogP contribution in [0.2, 0.25) is 18.6 Å². The van der Waals surface area contributed by atoms with Crippen LogP contribution < -0.4 is 9.91 Å². The fourth-order valence-electron chi connectivity index (χ4n) is 7.28. The van der Waals surface area contributed by atoms with Gasteiger partial charge in [-0.15, -0.1) is 11.7 Å². The lowest BCUT2D eigenvalue weighted by atomic mass is 9.82. The average molecular weight is 631 g/mol. The molecule has 10 nitrogen and oxygen atoms in total. The Morgan fingerprint density at radius 3 is 2.67 bits per heavy atom. The van der Waals surface area contributed by atoms with E-state index in [0.29, 0.717) is 54.9 Å². The molecule has 1 spiro atoms. The number of fused-ring (bicyclic) bond motifs is 2. The number of carbonyl (C=O) groups excluding carboxylic acids is 2. The Bertz CT molecular complexity index is 1640. The zero-order valence-electron chi connectivity index (χ0n) is 25.9. The van der Waals surface area contributed by atoms with Crippen LogP contribution in [0.3, 0.4) is 0 Å². The Kier molecular flexibility index (Phi) is 8.31. The number of rotatable bonds is 10. The highest BCUT2D eigenvalue weighted by Crippen LogP contribution is 2.60. The van der Waals surface area contributed by atoms with E-state index in [2.05, 4.69) is 16.9 Å². The Balaban J connectivity index is 1.40. The van der Waals surface area contributed by atoms with Crippen LogP contribution in [0.15, 0.2) is 72.5 Å². The van der Waals surface area contributed by atoms with Crippen LogP contribution in [0.1, 0.15) is 43.0 Å². The zero-order chi connectivity index (χ0) is 31.9. The molecule has 0 saturated carbocycles. The third kappa shape index (κ3) is 5.44. The summed E-state index contributed by atoms with van der Waals surface area (Å²) in [5.74, 6) is -0.873. The van der Waals surface area contributed by atoms with Crippen LogP contribution in [0.4, 0.5) is 15.5 Å². The average Bonchev–Trinajstić information content (AvgIpc) is 3.67. The minimum absolute atomic E-state index is 0.0270. The second-order valence-electron chi connectivity index (χ2n) is 12.5. The van der Waals surface area contributed by atoms with Gasteiger partial charge in [0, 0.05) is 62.2 Å². The van der Waals surface area contributed by atoms with Gasteiger partial charge >= 0.3 is 0 Å². The van der Waals surface area contributed by atoms with E-state index >= 15 is 4.11 Å². The standard InChI is InChI=1S/C33H39FN6O4Si/c1-5-17-39-28-13-11-25(40-30(42)14-12-27(36-40)23-9-7-6-8-10-23)20-26(28)33(32(39)43)22(2)31(45(3,4)34)29(44-33)15-18-38-21-24(16-19-41)35-37-38/h5-11,13,20-22,29,31,41H,1,12,14-19H2,2-4H3/t22-,29+,31-,33+/m0/s1. The molecular formula is C33H39FN6O4Si. The summed E-state index contributed by atoms with van der Waals surface area (Å²) in [5, 5.41) is 23.7. The van der Waals surface area contributed by atoms with Gasteiger partial charge in [-0.25, -0.2) is 5.01 Å². The van der Waals surface area contributed by atoms with Crippen molar-refractivity contribution in [3.63, 3.8) is 0 Å². The van der Waals surface area contributed by atoms with E-state index in [0.717, 1.165) is 11.3 Å². The maximum atomic E-state index is 16.2. The minimum atomic E-state index is -3.36. The lowest BCUT2D eigenvalue weighted by molar-refractivity contribution is -0.145. The monoisotopic (exact) mass is 630 g/mol. The number of hydrogen-bond donors (Lipinski definition) is 1. The molecule has 0 unspecified atom stereocenters. The maximum absolute atomic E-state index is 16.2. The summed E-state index contributed by atoms with van der Waals surface area (Å²) in [6, 6.07) is 15.2. The van der Waals surface area contributed by atoms with Crippen molar-refractivity contribution < 1.29 is 23.5 Å². The first-order valence-corrected chi connectivity index (χ1v) is 18.4. The number of amides is 2. The Labute approximate surface area is 263 Å². The highest BCUT2D eigenvalue weighted by Gasteiger charge is 2.66. The smallest absolute Gasteiger partial charge is 0.264 e. The highest BCUT2D eigenvalue weighted by molar-refractivity contribution is 6.72. The van der Waals surface area contributed by atoms with E-state index in [9.17, 15) is 14.7 Å². The number of nitrogens with zero attached hydrogens (tertiary/aromatic N) is 6. The number of anilines is 2. The number of hydrogen-bond acceptors (Lipinski definition) is 7. The fraction of sp³-hybridized carbons (Fsp3) is 0.424. The summed E-state index contributed by atoms with van der Waals surface area (Å²) in [5.41, 5.74) is 2.32. The molecule has 1 saturated heterocycles. The molecule has 3 aromatic rings. The van der Waals surface area contributed by atoms with Crippen molar-refractivity contribution in [3.05, 3.63) is 84.2 Å². The molecule has 0 aliphatic carbocycles. The molecule has 1 N–H and O–H groups in total. The molecule has 12 heteroatoms. The van der Waals surface area contributed by atoms with Gasteiger partial charge in [0.05, 0.1) is 28.9 Å². The number of benzene rings is 2. The highest BCUT2D eigenvalue weighted by atomic mass is 28.4. The summed E-state index contributed by atoms with van der Waals surface area (Å²) in [6.45, 7) is 9.77. The molecule has 4 atom stereocenters. The van der Waals surface area contributed by atoms with Gasteiger partial charge in [0.1, 0.15) is 0 Å². The molecular weight excluding hydrogens is 591 g/mol. The third-order valence-corrected chi connectivity index (χ3v) is 11.7. The molecule has 6 rings (SSSR count). The number of halogens is 1. The van der Waals surface area contributed by atoms with Crippen molar-refractivity contribution >= 4 is 37.3 Å². The van der Waals surface area contributed by atoms with E-state index in [1.807, 2.05) is 49.4 Å². The second-order valence-corrected chi connectivity index (χ2v) is 16.3. The van der Waals surface area contributed by atoms with Crippen molar-refractivity contribution in [1.82, 2.24) is 15.0 Å². The predicted octanol–water partition coefficient (Wildman–Crippen LogP) is 4.74. The van der Waals surface area contributed by atoms with Gasteiger partial charge in [0.15, 0.2) is 5.60 Å². The molecule has 3 aliphatic heterocycles. The summed E-state index contributed by atoms with van der Waals surface area (Å²) in [4.78, 5) is 29.3. The van der Waals surface area contributed by atoms with Gasteiger partial charge in [0.25, 0.3) is 5.91 Å². The van der Waals surface area contributed by atoms with E-state index in [1.54, 1.807) is 41.0 Å².